The Balaban J connectivity index is 1.47. The van der Waals surface area contributed by atoms with Crippen LogP contribution in [0, 0.1) is 6.92 Å². The number of imidazole rings is 1. The highest BCUT2D eigenvalue weighted by atomic mass is 32.2. The summed E-state index contributed by atoms with van der Waals surface area (Å²) >= 11 is 1.77. The standard InChI is InChI=1S/C24H27N7OS/c1-17-4-3-5-18(14-17)19-6-7-31(27-19)21-15-20(28-10-12-32-13-11-28)23-24(26-21)30-9-8-29(33-2)16-22(30)25-23/h3-7,14-15H,8-13,16H2,1-2H3. The van der Waals surface area contributed by atoms with E-state index in [-0.39, 0.29) is 0 Å². The zero-order valence-corrected chi connectivity index (χ0v) is 19.8. The molecule has 0 N–H and O–H groups in total. The van der Waals surface area contributed by atoms with Crippen molar-refractivity contribution in [2.75, 3.05) is 44.0 Å². The van der Waals surface area contributed by atoms with Crippen LogP contribution in [0.5, 0.6) is 0 Å². The van der Waals surface area contributed by atoms with Crippen molar-refractivity contribution in [3.05, 3.63) is 54.0 Å². The number of rotatable bonds is 4. The zero-order chi connectivity index (χ0) is 22.4. The largest absolute Gasteiger partial charge is 0.378 e. The van der Waals surface area contributed by atoms with Gasteiger partial charge < -0.3 is 14.2 Å². The van der Waals surface area contributed by atoms with E-state index in [0.29, 0.717) is 0 Å². The summed E-state index contributed by atoms with van der Waals surface area (Å²) in [5.41, 5.74) is 6.31. The third kappa shape index (κ3) is 3.80. The highest BCUT2D eigenvalue weighted by molar-refractivity contribution is 7.96. The molecule has 4 aromatic rings. The van der Waals surface area contributed by atoms with Gasteiger partial charge in [-0.1, -0.05) is 35.7 Å². The van der Waals surface area contributed by atoms with E-state index in [4.69, 9.17) is 19.8 Å². The van der Waals surface area contributed by atoms with Crippen LogP contribution < -0.4 is 4.90 Å². The van der Waals surface area contributed by atoms with E-state index in [1.807, 2.05) is 10.9 Å². The number of hydrogen-bond acceptors (Lipinski definition) is 7. The highest BCUT2D eigenvalue weighted by Gasteiger charge is 2.25. The molecule has 0 aliphatic carbocycles. The van der Waals surface area contributed by atoms with E-state index in [1.165, 1.54) is 5.56 Å². The summed E-state index contributed by atoms with van der Waals surface area (Å²) in [6.07, 6.45) is 4.12. The second-order valence-electron chi connectivity index (χ2n) is 8.51. The van der Waals surface area contributed by atoms with Crippen LogP contribution in [0.2, 0.25) is 0 Å². The van der Waals surface area contributed by atoms with Crippen molar-refractivity contribution >= 4 is 28.8 Å². The number of fused-ring (bicyclic) bond motifs is 3. The van der Waals surface area contributed by atoms with Crippen LogP contribution in [-0.4, -0.2) is 67.7 Å². The minimum atomic E-state index is 0.728. The van der Waals surface area contributed by atoms with Gasteiger partial charge in [-0.3, -0.25) is 0 Å². The molecule has 0 radical (unpaired) electrons. The molecule has 0 unspecified atom stereocenters. The molecule has 1 fully saturated rings. The van der Waals surface area contributed by atoms with Crippen molar-refractivity contribution in [3.63, 3.8) is 0 Å². The van der Waals surface area contributed by atoms with Crippen LogP contribution in [0.15, 0.2) is 42.6 Å². The van der Waals surface area contributed by atoms with Gasteiger partial charge in [0.15, 0.2) is 11.5 Å². The number of benzene rings is 1. The average Bonchev–Trinajstić information content (AvgIpc) is 3.49. The van der Waals surface area contributed by atoms with Crippen LogP contribution >= 0.6 is 11.9 Å². The molecule has 0 amide bonds. The summed E-state index contributed by atoms with van der Waals surface area (Å²) in [4.78, 5) is 12.5. The van der Waals surface area contributed by atoms with Gasteiger partial charge in [0.1, 0.15) is 11.3 Å². The van der Waals surface area contributed by atoms with Crippen molar-refractivity contribution in [1.82, 2.24) is 28.6 Å². The minimum absolute atomic E-state index is 0.728. The van der Waals surface area contributed by atoms with Crippen LogP contribution in [0.1, 0.15) is 11.4 Å². The molecule has 0 saturated carbocycles. The zero-order valence-electron chi connectivity index (χ0n) is 18.9. The Bertz CT molecular complexity index is 1310. The predicted octanol–water partition coefficient (Wildman–Crippen LogP) is 3.52. The maximum Gasteiger partial charge on any atom is 0.164 e. The predicted molar refractivity (Wildman–Crippen MR) is 132 cm³/mol. The van der Waals surface area contributed by atoms with Gasteiger partial charge in [-0.25, -0.2) is 19.0 Å². The van der Waals surface area contributed by atoms with Gasteiger partial charge in [0, 0.05) is 44.0 Å². The van der Waals surface area contributed by atoms with E-state index in [1.54, 1.807) is 11.9 Å². The second-order valence-corrected chi connectivity index (χ2v) is 9.39. The SMILES string of the molecule is CSN1CCn2c(nc3c(N4CCOCC4)cc(-n4ccc(-c5cccc(C)c5)n4)nc32)C1. The highest BCUT2D eigenvalue weighted by Crippen LogP contribution is 2.32. The Morgan fingerprint density at radius 3 is 2.70 bits per heavy atom. The van der Waals surface area contributed by atoms with E-state index in [2.05, 4.69) is 63.3 Å². The Morgan fingerprint density at radius 1 is 1.00 bits per heavy atom. The van der Waals surface area contributed by atoms with Gasteiger partial charge in [-0.15, -0.1) is 0 Å². The first kappa shape index (κ1) is 20.7. The maximum absolute atomic E-state index is 5.61. The number of ether oxygens (including phenoxy) is 1. The molecule has 0 spiro atoms. The van der Waals surface area contributed by atoms with Crippen LogP contribution in [0.4, 0.5) is 5.69 Å². The molecule has 6 rings (SSSR count). The molecule has 0 bridgehead atoms. The van der Waals surface area contributed by atoms with Gasteiger partial charge >= 0.3 is 0 Å². The molecule has 0 atom stereocenters. The first-order chi connectivity index (χ1) is 16.2. The molecular formula is C24H27N7OS. The van der Waals surface area contributed by atoms with Crippen molar-refractivity contribution < 1.29 is 4.74 Å². The molecule has 1 saturated heterocycles. The maximum atomic E-state index is 5.61. The normalized spacial score (nSPS) is 17.0. The quantitative estimate of drug-likeness (QED) is 0.431. The van der Waals surface area contributed by atoms with Gasteiger partial charge in [0.05, 0.1) is 31.1 Å². The molecule has 2 aliphatic heterocycles. The van der Waals surface area contributed by atoms with Crippen molar-refractivity contribution in [2.45, 2.75) is 20.0 Å². The number of nitrogens with zero attached hydrogens (tertiary/aromatic N) is 7. The second kappa shape index (κ2) is 8.48. The van der Waals surface area contributed by atoms with E-state index in [9.17, 15) is 0 Å². The van der Waals surface area contributed by atoms with Gasteiger partial charge in [0.2, 0.25) is 0 Å². The lowest BCUT2D eigenvalue weighted by Gasteiger charge is -2.29. The summed E-state index contributed by atoms with van der Waals surface area (Å²) in [6, 6.07) is 12.6. The fourth-order valence-electron chi connectivity index (χ4n) is 4.64. The lowest BCUT2D eigenvalue weighted by Crippen LogP contribution is -2.36. The summed E-state index contributed by atoms with van der Waals surface area (Å²) in [7, 11) is 0. The number of anilines is 1. The van der Waals surface area contributed by atoms with Crippen molar-refractivity contribution in [2.24, 2.45) is 0 Å². The fraction of sp³-hybridized carbons (Fsp3) is 0.375. The third-order valence-corrected chi connectivity index (χ3v) is 7.22. The Labute approximate surface area is 197 Å². The topological polar surface area (TPSA) is 64.2 Å². The molecule has 3 aromatic heterocycles. The Morgan fingerprint density at radius 2 is 1.88 bits per heavy atom. The molecule has 170 valence electrons. The van der Waals surface area contributed by atoms with Crippen molar-refractivity contribution in [3.8, 4) is 17.1 Å². The number of aromatic nitrogens is 5. The summed E-state index contributed by atoms with van der Waals surface area (Å²) in [5, 5.41) is 4.88. The third-order valence-electron chi connectivity index (χ3n) is 6.39. The van der Waals surface area contributed by atoms with Crippen molar-refractivity contribution in [1.29, 1.82) is 0 Å². The van der Waals surface area contributed by atoms with Gasteiger partial charge in [0.25, 0.3) is 0 Å². The van der Waals surface area contributed by atoms with Gasteiger partial charge in [-0.2, -0.15) is 5.10 Å². The number of pyridine rings is 1. The molecular weight excluding hydrogens is 434 g/mol. The molecule has 1 aromatic carbocycles. The molecule has 5 heterocycles. The van der Waals surface area contributed by atoms with E-state index < -0.39 is 0 Å². The first-order valence-corrected chi connectivity index (χ1v) is 12.5. The summed E-state index contributed by atoms with van der Waals surface area (Å²) < 4.78 is 12.1. The smallest absolute Gasteiger partial charge is 0.164 e. The molecule has 2 aliphatic rings. The monoisotopic (exact) mass is 461 g/mol. The number of morpholine rings is 1. The summed E-state index contributed by atoms with van der Waals surface area (Å²) in [5.74, 6) is 1.89. The van der Waals surface area contributed by atoms with Crippen LogP contribution in [0.3, 0.4) is 0 Å². The number of hydrogen-bond donors (Lipinski definition) is 0. The van der Waals surface area contributed by atoms with Crippen LogP contribution in [-0.2, 0) is 17.8 Å². The van der Waals surface area contributed by atoms with E-state index in [0.717, 1.165) is 85.7 Å². The van der Waals surface area contributed by atoms with E-state index >= 15 is 0 Å². The lowest BCUT2D eigenvalue weighted by atomic mass is 10.1. The fourth-order valence-corrected chi connectivity index (χ4v) is 5.15. The van der Waals surface area contributed by atoms with Crippen LogP contribution in [0.25, 0.3) is 28.2 Å². The lowest BCUT2D eigenvalue weighted by molar-refractivity contribution is 0.123. The molecule has 9 heteroatoms. The molecule has 8 nitrogen and oxygen atoms in total. The Hall–Kier alpha value is -2.88. The number of aryl methyl sites for hydroxylation is 1. The van der Waals surface area contributed by atoms with Gasteiger partial charge in [-0.05, 0) is 25.3 Å². The Kier molecular flexibility index (Phi) is 5.32. The molecule has 33 heavy (non-hydrogen) atoms. The summed E-state index contributed by atoms with van der Waals surface area (Å²) in [6.45, 7) is 7.96. The average molecular weight is 462 g/mol. The minimum Gasteiger partial charge on any atom is -0.378 e. The first-order valence-electron chi connectivity index (χ1n) is 11.3.